The van der Waals surface area contributed by atoms with Crippen LogP contribution in [0.25, 0.3) is 0 Å². The molecule has 0 radical (unpaired) electrons. The SMILES string of the molecule is CC(Oc1ccccc1F)C(=O)NCc1cnc[nH]1. The van der Waals surface area contributed by atoms with E-state index in [1.165, 1.54) is 18.5 Å². The van der Waals surface area contributed by atoms with Crippen molar-refractivity contribution < 1.29 is 13.9 Å². The minimum absolute atomic E-state index is 0.0618. The number of ether oxygens (including phenoxy) is 1. The Bertz CT molecular complexity index is 543. The van der Waals surface area contributed by atoms with Crippen LogP contribution in [0.1, 0.15) is 12.6 Å². The largest absolute Gasteiger partial charge is 0.478 e. The lowest BCUT2D eigenvalue weighted by Crippen LogP contribution is -2.36. The molecule has 0 aliphatic carbocycles. The zero-order valence-electron chi connectivity index (χ0n) is 10.4. The number of nitrogens with zero attached hydrogens (tertiary/aromatic N) is 1. The van der Waals surface area contributed by atoms with Crippen LogP contribution in [0.3, 0.4) is 0 Å². The van der Waals surface area contributed by atoms with Crippen LogP contribution in [-0.2, 0) is 11.3 Å². The zero-order valence-corrected chi connectivity index (χ0v) is 10.4. The van der Waals surface area contributed by atoms with Gasteiger partial charge in [0.15, 0.2) is 17.7 Å². The van der Waals surface area contributed by atoms with Crippen LogP contribution in [0.2, 0.25) is 0 Å². The molecule has 2 aromatic rings. The number of benzene rings is 1. The van der Waals surface area contributed by atoms with Crippen molar-refractivity contribution in [3.05, 3.63) is 48.3 Å². The summed E-state index contributed by atoms with van der Waals surface area (Å²) < 4.78 is 18.6. The second kappa shape index (κ2) is 5.99. The van der Waals surface area contributed by atoms with Gasteiger partial charge < -0.3 is 15.0 Å². The molecule has 1 atom stereocenters. The number of H-pyrrole nitrogens is 1. The summed E-state index contributed by atoms with van der Waals surface area (Å²) in [5.41, 5.74) is 0.784. The third-order valence-corrected chi connectivity index (χ3v) is 2.52. The van der Waals surface area contributed by atoms with Gasteiger partial charge in [0.25, 0.3) is 5.91 Å². The first-order valence-corrected chi connectivity index (χ1v) is 5.83. The summed E-state index contributed by atoms with van der Waals surface area (Å²) in [6, 6.07) is 5.97. The Morgan fingerprint density at radius 2 is 2.32 bits per heavy atom. The lowest BCUT2D eigenvalue weighted by atomic mass is 10.3. The number of aromatic nitrogens is 2. The van der Waals surface area contributed by atoms with E-state index in [2.05, 4.69) is 15.3 Å². The number of carbonyl (C=O) groups excluding carboxylic acids is 1. The zero-order chi connectivity index (χ0) is 13.7. The normalized spacial score (nSPS) is 11.9. The summed E-state index contributed by atoms with van der Waals surface area (Å²) in [5.74, 6) is -0.750. The summed E-state index contributed by atoms with van der Waals surface area (Å²) in [7, 11) is 0. The number of imidazole rings is 1. The molecular weight excluding hydrogens is 249 g/mol. The molecule has 0 fully saturated rings. The van der Waals surface area contributed by atoms with E-state index in [9.17, 15) is 9.18 Å². The number of aromatic amines is 1. The smallest absolute Gasteiger partial charge is 0.261 e. The standard InChI is InChI=1S/C13H14FN3O2/c1-9(19-12-5-3-2-4-11(12)14)13(18)16-7-10-6-15-8-17-10/h2-6,8-9H,7H2,1H3,(H,15,17)(H,16,18). The third kappa shape index (κ3) is 3.54. The van der Waals surface area contributed by atoms with Crippen molar-refractivity contribution in [2.45, 2.75) is 19.6 Å². The van der Waals surface area contributed by atoms with Crippen molar-refractivity contribution >= 4 is 5.91 Å². The van der Waals surface area contributed by atoms with Crippen LogP contribution < -0.4 is 10.1 Å². The van der Waals surface area contributed by atoms with Gasteiger partial charge in [0.1, 0.15) is 0 Å². The summed E-state index contributed by atoms with van der Waals surface area (Å²) in [6.45, 7) is 1.89. The Labute approximate surface area is 109 Å². The lowest BCUT2D eigenvalue weighted by molar-refractivity contribution is -0.127. The van der Waals surface area contributed by atoms with E-state index in [-0.39, 0.29) is 11.7 Å². The van der Waals surface area contributed by atoms with E-state index in [1.807, 2.05) is 0 Å². The summed E-state index contributed by atoms with van der Waals surface area (Å²) >= 11 is 0. The molecule has 1 unspecified atom stereocenters. The van der Waals surface area contributed by atoms with Crippen LogP contribution in [0.15, 0.2) is 36.8 Å². The molecular formula is C13H14FN3O2. The quantitative estimate of drug-likeness (QED) is 0.861. The Morgan fingerprint density at radius 3 is 3.00 bits per heavy atom. The van der Waals surface area contributed by atoms with Crippen molar-refractivity contribution in [3.8, 4) is 5.75 Å². The first-order valence-electron chi connectivity index (χ1n) is 5.83. The average molecular weight is 263 g/mol. The maximum absolute atomic E-state index is 13.4. The second-order valence-electron chi connectivity index (χ2n) is 3.99. The fraction of sp³-hybridized carbons (Fsp3) is 0.231. The highest BCUT2D eigenvalue weighted by atomic mass is 19.1. The third-order valence-electron chi connectivity index (χ3n) is 2.52. The molecule has 0 aliphatic heterocycles. The average Bonchev–Trinajstić information content (AvgIpc) is 2.91. The topological polar surface area (TPSA) is 67.0 Å². The number of rotatable bonds is 5. The van der Waals surface area contributed by atoms with Crippen molar-refractivity contribution in [1.29, 1.82) is 0 Å². The van der Waals surface area contributed by atoms with E-state index >= 15 is 0 Å². The van der Waals surface area contributed by atoms with Crippen LogP contribution in [-0.4, -0.2) is 22.0 Å². The number of halogens is 1. The molecule has 0 saturated carbocycles. The van der Waals surface area contributed by atoms with Crippen molar-refractivity contribution in [2.75, 3.05) is 0 Å². The van der Waals surface area contributed by atoms with Gasteiger partial charge in [0.05, 0.1) is 18.6 Å². The Balaban J connectivity index is 1.87. The van der Waals surface area contributed by atoms with Crippen LogP contribution in [0.5, 0.6) is 5.75 Å². The Hall–Kier alpha value is -2.37. The number of hydrogen-bond donors (Lipinski definition) is 2. The monoisotopic (exact) mass is 263 g/mol. The molecule has 0 saturated heterocycles. The van der Waals surface area contributed by atoms with Gasteiger partial charge in [-0.3, -0.25) is 4.79 Å². The number of carbonyl (C=O) groups is 1. The van der Waals surface area contributed by atoms with Crippen molar-refractivity contribution in [2.24, 2.45) is 0 Å². The van der Waals surface area contributed by atoms with E-state index in [1.54, 1.807) is 25.3 Å². The van der Waals surface area contributed by atoms with E-state index < -0.39 is 11.9 Å². The van der Waals surface area contributed by atoms with Gasteiger partial charge in [-0.15, -0.1) is 0 Å². The summed E-state index contributed by atoms with van der Waals surface area (Å²) in [4.78, 5) is 18.5. The molecule has 0 bridgehead atoms. The number of amides is 1. The van der Waals surface area contributed by atoms with E-state index in [0.717, 1.165) is 5.69 Å². The fourth-order valence-electron chi connectivity index (χ4n) is 1.49. The fourth-order valence-corrected chi connectivity index (χ4v) is 1.49. The summed E-state index contributed by atoms with van der Waals surface area (Å²) in [5, 5.41) is 2.67. The van der Waals surface area contributed by atoms with Crippen molar-refractivity contribution in [1.82, 2.24) is 15.3 Å². The van der Waals surface area contributed by atoms with Gasteiger partial charge in [-0.1, -0.05) is 12.1 Å². The molecule has 0 aliphatic rings. The maximum Gasteiger partial charge on any atom is 0.261 e. The first kappa shape index (κ1) is 13.1. The Morgan fingerprint density at radius 1 is 1.53 bits per heavy atom. The van der Waals surface area contributed by atoms with Gasteiger partial charge >= 0.3 is 0 Å². The van der Waals surface area contributed by atoms with Gasteiger partial charge in [-0.05, 0) is 19.1 Å². The number of hydrogen-bond acceptors (Lipinski definition) is 3. The lowest BCUT2D eigenvalue weighted by Gasteiger charge is -2.14. The minimum atomic E-state index is -0.778. The van der Waals surface area contributed by atoms with Gasteiger partial charge in [0.2, 0.25) is 0 Å². The minimum Gasteiger partial charge on any atom is -0.478 e. The predicted octanol–water partition coefficient (Wildman–Crippen LogP) is 1.63. The summed E-state index contributed by atoms with van der Waals surface area (Å²) in [6.07, 6.45) is 2.36. The van der Waals surface area contributed by atoms with Crippen LogP contribution in [0, 0.1) is 5.82 Å². The van der Waals surface area contributed by atoms with Gasteiger partial charge in [0, 0.05) is 6.20 Å². The van der Waals surface area contributed by atoms with Crippen molar-refractivity contribution in [3.63, 3.8) is 0 Å². The maximum atomic E-state index is 13.4. The number of para-hydroxylation sites is 1. The highest BCUT2D eigenvalue weighted by molar-refractivity contribution is 5.80. The molecule has 1 amide bonds. The van der Waals surface area contributed by atoms with Crippen LogP contribution >= 0.6 is 0 Å². The Kier molecular flexibility index (Phi) is 4.12. The van der Waals surface area contributed by atoms with E-state index in [0.29, 0.717) is 6.54 Å². The molecule has 100 valence electrons. The molecule has 2 N–H and O–H groups in total. The molecule has 6 heteroatoms. The molecule has 1 heterocycles. The van der Waals surface area contributed by atoms with Gasteiger partial charge in [-0.25, -0.2) is 9.37 Å². The highest BCUT2D eigenvalue weighted by Gasteiger charge is 2.16. The highest BCUT2D eigenvalue weighted by Crippen LogP contribution is 2.16. The molecule has 2 rings (SSSR count). The molecule has 1 aromatic carbocycles. The molecule has 0 spiro atoms. The predicted molar refractivity (Wildman–Crippen MR) is 66.9 cm³/mol. The molecule has 1 aromatic heterocycles. The number of nitrogens with one attached hydrogen (secondary N) is 2. The van der Waals surface area contributed by atoms with Gasteiger partial charge in [-0.2, -0.15) is 0 Å². The molecule has 19 heavy (non-hydrogen) atoms. The van der Waals surface area contributed by atoms with E-state index in [4.69, 9.17) is 4.74 Å². The first-order chi connectivity index (χ1) is 9.16. The second-order valence-corrected chi connectivity index (χ2v) is 3.99. The molecule has 5 nitrogen and oxygen atoms in total. The van der Waals surface area contributed by atoms with Crippen LogP contribution in [0.4, 0.5) is 4.39 Å².